The Morgan fingerprint density at radius 3 is 2.41 bits per heavy atom. The number of sulfonamides is 1. The molecule has 10 nitrogen and oxygen atoms in total. The van der Waals surface area contributed by atoms with Crippen molar-refractivity contribution in [2.75, 3.05) is 26.2 Å². The molecule has 0 spiro atoms. The Balaban J connectivity index is 1.44. The van der Waals surface area contributed by atoms with Crippen molar-refractivity contribution in [2.24, 2.45) is 0 Å². The van der Waals surface area contributed by atoms with Crippen molar-refractivity contribution in [3.05, 3.63) is 51.0 Å². The van der Waals surface area contributed by atoms with Gasteiger partial charge < -0.3 is 9.42 Å². The lowest BCUT2D eigenvalue weighted by Gasteiger charge is -2.33. The van der Waals surface area contributed by atoms with Crippen LogP contribution in [-0.4, -0.2) is 64.6 Å². The van der Waals surface area contributed by atoms with E-state index < -0.39 is 10.0 Å². The molecule has 1 aliphatic heterocycles. The van der Waals surface area contributed by atoms with E-state index in [0.29, 0.717) is 11.4 Å². The summed E-state index contributed by atoms with van der Waals surface area (Å²) in [7, 11) is -3.76. The van der Waals surface area contributed by atoms with E-state index in [0.717, 1.165) is 14.4 Å². The van der Waals surface area contributed by atoms with Crippen LogP contribution < -0.4 is 5.56 Å². The number of carbonyl (C=O) groups excluding carboxylic acids is 1. The van der Waals surface area contributed by atoms with Gasteiger partial charge in [0.15, 0.2) is 5.76 Å². The Labute approximate surface area is 189 Å². The predicted molar refractivity (Wildman–Crippen MR) is 118 cm³/mol. The number of rotatable bonds is 5. The highest BCUT2D eigenvalue weighted by molar-refractivity contribution is 7.89. The van der Waals surface area contributed by atoms with Crippen LogP contribution in [-0.2, 0) is 21.4 Å². The first kappa shape index (κ1) is 22.4. The summed E-state index contributed by atoms with van der Waals surface area (Å²) in [6.45, 7) is 5.67. The summed E-state index contributed by atoms with van der Waals surface area (Å²) in [5.74, 6) is -0.0410. The number of amides is 1. The molecule has 1 amide bonds. The monoisotopic (exact) mass is 477 g/mol. The summed E-state index contributed by atoms with van der Waals surface area (Å²) in [4.78, 5) is 28.7. The second-order valence-corrected chi connectivity index (χ2v) is 10.7. The van der Waals surface area contributed by atoms with E-state index in [4.69, 9.17) is 4.52 Å². The van der Waals surface area contributed by atoms with Crippen LogP contribution in [0.2, 0.25) is 0 Å². The molecule has 3 aromatic heterocycles. The normalized spacial score (nSPS) is 15.3. The van der Waals surface area contributed by atoms with Crippen molar-refractivity contribution in [3.8, 4) is 10.6 Å². The molecule has 0 unspecified atom stereocenters. The smallest absolute Gasteiger partial charge is 0.267 e. The maximum atomic E-state index is 12.9. The lowest BCUT2D eigenvalue weighted by atomic mass is 10.3. The molecule has 4 rings (SSSR count). The molecule has 4 heterocycles. The van der Waals surface area contributed by atoms with Gasteiger partial charge in [-0.2, -0.15) is 9.40 Å². The fourth-order valence-corrected chi connectivity index (χ4v) is 6.19. The van der Waals surface area contributed by atoms with Crippen LogP contribution in [0.5, 0.6) is 0 Å². The molecule has 32 heavy (non-hydrogen) atoms. The molecule has 3 aromatic rings. The standard InChI is InChI=1S/C20H23N5O5S2/c1-13-4-6-17(31-13)16-5-7-18(26)25(21-16)12-19(27)23-8-10-24(11-9-23)32(28,29)20-14(2)22-30-15(20)3/h4-7H,8-12H2,1-3H3. The Bertz CT molecular complexity index is 1300. The molecule has 0 N–H and O–H groups in total. The number of piperazine rings is 1. The van der Waals surface area contributed by atoms with E-state index in [1.807, 2.05) is 19.1 Å². The van der Waals surface area contributed by atoms with Gasteiger partial charge in [-0.1, -0.05) is 5.16 Å². The zero-order valence-electron chi connectivity index (χ0n) is 17.9. The fourth-order valence-electron chi connectivity index (χ4n) is 3.64. The van der Waals surface area contributed by atoms with Gasteiger partial charge in [-0.3, -0.25) is 9.59 Å². The zero-order valence-corrected chi connectivity index (χ0v) is 19.6. The van der Waals surface area contributed by atoms with E-state index in [-0.39, 0.29) is 54.8 Å². The number of aromatic nitrogens is 3. The number of thiophene rings is 1. The maximum Gasteiger partial charge on any atom is 0.267 e. The molecule has 0 atom stereocenters. The van der Waals surface area contributed by atoms with E-state index in [9.17, 15) is 18.0 Å². The molecule has 0 aromatic carbocycles. The van der Waals surface area contributed by atoms with Gasteiger partial charge in [0.25, 0.3) is 5.56 Å². The Morgan fingerprint density at radius 2 is 1.81 bits per heavy atom. The molecule has 0 aliphatic carbocycles. The van der Waals surface area contributed by atoms with Crippen LogP contribution in [0.3, 0.4) is 0 Å². The topological polar surface area (TPSA) is 119 Å². The first-order chi connectivity index (χ1) is 15.2. The van der Waals surface area contributed by atoms with Gasteiger partial charge in [0.1, 0.15) is 22.8 Å². The third-order valence-electron chi connectivity index (χ3n) is 5.30. The number of hydrogen-bond acceptors (Lipinski definition) is 8. The lowest BCUT2D eigenvalue weighted by molar-refractivity contribution is -0.133. The van der Waals surface area contributed by atoms with Crippen molar-refractivity contribution < 1.29 is 17.7 Å². The number of nitrogens with zero attached hydrogens (tertiary/aromatic N) is 5. The molecule has 1 fully saturated rings. The van der Waals surface area contributed by atoms with Gasteiger partial charge in [-0.15, -0.1) is 11.3 Å². The molecule has 1 aliphatic rings. The second-order valence-electron chi connectivity index (χ2n) is 7.56. The highest BCUT2D eigenvalue weighted by atomic mass is 32.2. The summed E-state index contributed by atoms with van der Waals surface area (Å²) < 4.78 is 33.4. The van der Waals surface area contributed by atoms with Crippen LogP contribution in [0.15, 0.2) is 38.5 Å². The van der Waals surface area contributed by atoms with Gasteiger partial charge in [0.05, 0.1) is 4.88 Å². The lowest BCUT2D eigenvalue weighted by Crippen LogP contribution is -2.51. The van der Waals surface area contributed by atoms with E-state index in [1.165, 1.54) is 10.4 Å². The predicted octanol–water partition coefficient (Wildman–Crippen LogP) is 1.42. The van der Waals surface area contributed by atoms with Gasteiger partial charge >= 0.3 is 0 Å². The van der Waals surface area contributed by atoms with Crippen molar-refractivity contribution in [2.45, 2.75) is 32.2 Å². The molecular formula is C20H23N5O5S2. The number of hydrogen-bond donors (Lipinski definition) is 0. The van der Waals surface area contributed by atoms with Crippen molar-refractivity contribution in [3.63, 3.8) is 0 Å². The number of carbonyl (C=O) groups is 1. The van der Waals surface area contributed by atoms with Crippen molar-refractivity contribution in [1.29, 1.82) is 0 Å². The highest BCUT2D eigenvalue weighted by Gasteiger charge is 2.34. The van der Waals surface area contributed by atoms with Crippen molar-refractivity contribution in [1.82, 2.24) is 24.1 Å². The van der Waals surface area contributed by atoms with E-state index in [2.05, 4.69) is 10.3 Å². The van der Waals surface area contributed by atoms with Crippen LogP contribution in [0.25, 0.3) is 10.6 Å². The van der Waals surface area contributed by atoms with E-state index >= 15 is 0 Å². The molecule has 12 heteroatoms. The minimum atomic E-state index is -3.76. The fraction of sp³-hybridized carbons (Fsp3) is 0.400. The Hall–Kier alpha value is -2.83. The van der Waals surface area contributed by atoms with Crippen LogP contribution in [0, 0.1) is 20.8 Å². The molecule has 0 radical (unpaired) electrons. The van der Waals surface area contributed by atoms with Gasteiger partial charge in [0, 0.05) is 37.1 Å². The quantitative estimate of drug-likeness (QED) is 0.545. The summed E-state index contributed by atoms with van der Waals surface area (Å²) >= 11 is 1.56. The summed E-state index contributed by atoms with van der Waals surface area (Å²) in [6.07, 6.45) is 0. The summed E-state index contributed by atoms with van der Waals surface area (Å²) in [5.41, 5.74) is 0.577. The van der Waals surface area contributed by atoms with Gasteiger partial charge in [-0.05, 0) is 39.0 Å². The van der Waals surface area contributed by atoms with Gasteiger partial charge in [0.2, 0.25) is 15.9 Å². The van der Waals surface area contributed by atoms with Gasteiger partial charge in [-0.25, -0.2) is 13.1 Å². The third kappa shape index (κ3) is 4.25. The van der Waals surface area contributed by atoms with E-state index in [1.54, 1.807) is 36.2 Å². The third-order valence-corrected chi connectivity index (χ3v) is 8.47. The largest absolute Gasteiger partial charge is 0.360 e. The SMILES string of the molecule is Cc1ccc(-c2ccc(=O)n(CC(=O)N3CCN(S(=O)(=O)c4c(C)noc4C)CC3)n2)s1. The Morgan fingerprint density at radius 1 is 1.09 bits per heavy atom. The first-order valence-electron chi connectivity index (χ1n) is 10.0. The zero-order chi connectivity index (χ0) is 23.0. The molecule has 170 valence electrons. The molecule has 0 saturated carbocycles. The second kappa shape index (κ2) is 8.60. The van der Waals surface area contributed by atoms with Crippen LogP contribution >= 0.6 is 11.3 Å². The number of aryl methyl sites for hydroxylation is 3. The Kier molecular flexibility index (Phi) is 6.01. The average Bonchev–Trinajstić information content (AvgIpc) is 3.34. The van der Waals surface area contributed by atoms with Crippen molar-refractivity contribution >= 4 is 27.3 Å². The average molecular weight is 478 g/mol. The minimum absolute atomic E-state index is 0.0775. The van der Waals surface area contributed by atoms with Crippen LogP contribution in [0.1, 0.15) is 16.3 Å². The molecule has 1 saturated heterocycles. The molecule has 0 bridgehead atoms. The molecular weight excluding hydrogens is 454 g/mol. The summed E-state index contributed by atoms with van der Waals surface area (Å²) in [5, 5.41) is 8.06. The van der Waals surface area contributed by atoms with Crippen LogP contribution in [0.4, 0.5) is 0 Å². The minimum Gasteiger partial charge on any atom is -0.360 e. The maximum absolute atomic E-state index is 12.9. The first-order valence-corrected chi connectivity index (χ1v) is 12.3. The summed E-state index contributed by atoms with van der Waals surface area (Å²) in [6, 6.07) is 6.95. The highest BCUT2D eigenvalue weighted by Crippen LogP contribution is 2.26.